The molecule has 5 aromatic heterocycles. The second kappa shape index (κ2) is 9.08. The summed E-state index contributed by atoms with van der Waals surface area (Å²) < 4.78 is 20.8. The lowest BCUT2D eigenvalue weighted by atomic mass is 10.0. The Morgan fingerprint density at radius 1 is 1.24 bits per heavy atom. The Morgan fingerprint density at radius 2 is 2.09 bits per heavy atom. The summed E-state index contributed by atoms with van der Waals surface area (Å²) >= 11 is 6.84. The summed E-state index contributed by atoms with van der Waals surface area (Å²) in [5.41, 5.74) is 11.1. The van der Waals surface area contributed by atoms with Crippen LogP contribution in [0.5, 0.6) is 0 Å². The van der Waals surface area contributed by atoms with Gasteiger partial charge < -0.3 is 15.0 Å². The Morgan fingerprint density at radius 3 is 2.85 bits per heavy atom. The molecule has 1 unspecified atom stereocenters. The number of thiophene rings is 1. The van der Waals surface area contributed by atoms with Crippen LogP contribution in [0.3, 0.4) is 0 Å². The Labute approximate surface area is 206 Å². The quantitative estimate of drug-likeness (QED) is 0.258. The molecule has 0 spiro atoms. The number of hydrogen-bond donors (Lipinski definition) is 1. The molecule has 0 saturated heterocycles. The lowest BCUT2D eigenvalue weighted by Gasteiger charge is -2.18. The lowest BCUT2D eigenvalue weighted by Crippen LogP contribution is -2.16. The van der Waals surface area contributed by atoms with Crippen molar-refractivity contribution in [3.8, 4) is 22.4 Å². The van der Waals surface area contributed by atoms with Crippen molar-refractivity contribution in [2.75, 3.05) is 25.2 Å². The van der Waals surface area contributed by atoms with Crippen molar-refractivity contribution in [1.29, 1.82) is 0 Å². The largest absolute Gasteiger partial charge is 0.633 e. The average Bonchev–Trinajstić information content (AvgIpc) is 3.39. The second-order valence-electron chi connectivity index (χ2n) is 7.85. The highest BCUT2D eigenvalue weighted by Gasteiger charge is 2.27. The molecule has 0 amide bonds. The van der Waals surface area contributed by atoms with Gasteiger partial charge in [0.15, 0.2) is 5.65 Å². The van der Waals surface area contributed by atoms with Crippen molar-refractivity contribution in [3.63, 3.8) is 0 Å². The first-order chi connectivity index (χ1) is 16.4. The molecule has 5 aromatic rings. The molecular formula is C23H22N6O2S3. The van der Waals surface area contributed by atoms with Gasteiger partial charge in [0.2, 0.25) is 4.21 Å². The highest BCUT2D eigenvalue weighted by molar-refractivity contribution is 8.37. The van der Waals surface area contributed by atoms with Crippen molar-refractivity contribution < 1.29 is 9.29 Å². The summed E-state index contributed by atoms with van der Waals surface area (Å²) in [6.45, 7) is 0.492. The molecule has 8 nitrogen and oxygen atoms in total. The summed E-state index contributed by atoms with van der Waals surface area (Å²) in [6.07, 6.45) is 7.65. The Balaban J connectivity index is 1.71. The normalized spacial score (nSPS) is 13.5. The molecule has 11 heteroatoms. The van der Waals surface area contributed by atoms with Crippen molar-refractivity contribution >= 4 is 58.3 Å². The first-order valence-corrected chi connectivity index (χ1v) is 14.0. The average molecular weight is 511 g/mol. The van der Waals surface area contributed by atoms with E-state index in [1.165, 1.54) is 11.3 Å². The monoisotopic (exact) mass is 510 g/mol. The van der Waals surface area contributed by atoms with E-state index in [2.05, 4.69) is 15.1 Å². The molecule has 0 aliphatic rings. The molecule has 0 aliphatic heterocycles. The molecule has 0 aromatic carbocycles. The number of ether oxygens (including phenoxy) is 1. The SMILES string of the molecule is COCCC[S+]([O-])(=S)c1sc2nc(-c3cnc4c(cnn4C)c3)cc(-c3cccnc3)c2c1N. The van der Waals surface area contributed by atoms with Gasteiger partial charge in [-0.05, 0) is 23.8 Å². The van der Waals surface area contributed by atoms with Crippen LogP contribution in [-0.2, 0) is 31.8 Å². The maximum Gasteiger partial charge on any atom is 0.207 e. The van der Waals surface area contributed by atoms with Crippen molar-refractivity contribution in [2.24, 2.45) is 7.05 Å². The third kappa shape index (κ3) is 4.10. The number of fused-ring (bicyclic) bond motifs is 2. The number of methoxy groups -OCH3 is 1. The summed E-state index contributed by atoms with van der Waals surface area (Å²) in [5.74, 6) is 0.323. The number of nitrogens with zero attached hydrogens (tertiary/aromatic N) is 5. The number of aromatic nitrogens is 5. The van der Waals surface area contributed by atoms with Gasteiger partial charge >= 0.3 is 0 Å². The smallest absolute Gasteiger partial charge is 0.207 e. The summed E-state index contributed by atoms with van der Waals surface area (Å²) in [4.78, 5) is 14.4. The highest BCUT2D eigenvalue weighted by Crippen LogP contribution is 2.44. The lowest BCUT2D eigenvalue weighted by molar-refractivity contribution is 0.199. The van der Waals surface area contributed by atoms with Crippen LogP contribution in [0, 0.1) is 0 Å². The van der Waals surface area contributed by atoms with Crippen LogP contribution in [-0.4, -0.2) is 48.8 Å². The molecule has 0 radical (unpaired) electrons. The maximum atomic E-state index is 13.4. The van der Waals surface area contributed by atoms with E-state index in [1.807, 2.05) is 31.3 Å². The minimum atomic E-state index is -2.76. The topological polar surface area (TPSA) is 115 Å². The van der Waals surface area contributed by atoms with Gasteiger partial charge in [-0.2, -0.15) is 5.10 Å². The molecule has 5 rings (SSSR count). The van der Waals surface area contributed by atoms with Crippen molar-refractivity contribution in [2.45, 2.75) is 10.6 Å². The summed E-state index contributed by atoms with van der Waals surface area (Å²) in [7, 11) is 0.710. The number of nitrogens with two attached hydrogens (primary N) is 1. The van der Waals surface area contributed by atoms with Gasteiger partial charge in [-0.1, -0.05) is 26.3 Å². The number of anilines is 1. The molecule has 34 heavy (non-hydrogen) atoms. The number of hydrogen-bond acceptors (Lipinski definition) is 9. The maximum absolute atomic E-state index is 13.4. The van der Waals surface area contributed by atoms with E-state index in [4.69, 9.17) is 26.6 Å². The fraction of sp³-hybridized carbons (Fsp3) is 0.217. The minimum absolute atomic E-state index is 0.323. The van der Waals surface area contributed by atoms with Crippen LogP contribution in [0.15, 0.2) is 53.3 Å². The number of pyridine rings is 3. The Hall–Kier alpha value is -2.83. The van der Waals surface area contributed by atoms with Gasteiger partial charge in [-0.3, -0.25) is 9.67 Å². The van der Waals surface area contributed by atoms with E-state index in [1.54, 1.807) is 36.6 Å². The van der Waals surface area contributed by atoms with Crippen LogP contribution in [0.1, 0.15) is 6.42 Å². The second-order valence-corrected chi connectivity index (χ2v) is 12.8. The predicted molar refractivity (Wildman–Crippen MR) is 140 cm³/mol. The fourth-order valence-corrected chi connectivity index (χ4v) is 7.80. The van der Waals surface area contributed by atoms with Gasteiger partial charge in [0, 0.05) is 61.1 Å². The third-order valence-corrected chi connectivity index (χ3v) is 10.4. The van der Waals surface area contributed by atoms with Gasteiger partial charge in [0.05, 0.1) is 24.3 Å². The van der Waals surface area contributed by atoms with E-state index in [0.29, 0.717) is 33.5 Å². The van der Waals surface area contributed by atoms with Crippen LogP contribution < -0.4 is 5.73 Å². The molecule has 0 aliphatic carbocycles. The van der Waals surface area contributed by atoms with E-state index in [9.17, 15) is 4.55 Å². The predicted octanol–water partition coefficient (Wildman–Crippen LogP) is 4.03. The number of rotatable bonds is 7. The standard InChI is InChI=1S/C23H22N6O2S3/c1-29-21-16(13-27-29)9-15(12-26-21)18-10-17(14-5-3-6-25-11-14)19-20(24)23(33-22(19)28-18)34(30,32)8-4-7-31-2/h3,5-6,9-13H,4,7-8,24H2,1-2H3. The Bertz CT molecular complexity index is 1550. The highest BCUT2D eigenvalue weighted by atomic mass is 32.9. The summed E-state index contributed by atoms with van der Waals surface area (Å²) in [6, 6.07) is 7.82. The van der Waals surface area contributed by atoms with E-state index >= 15 is 0 Å². The molecule has 0 bridgehead atoms. The zero-order chi connectivity index (χ0) is 23.9. The molecule has 2 N–H and O–H groups in total. The summed E-state index contributed by atoms with van der Waals surface area (Å²) in [5, 5.41) is 5.94. The van der Waals surface area contributed by atoms with Gasteiger partial charge in [-0.25, -0.2) is 9.97 Å². The number of aryl methyl sites for hydroxylation is 1. The van der Waals surface area contributed by atoms with Crippen molar-refractivity contribution in [3.05, 3.63) is 49.1 Å². The van der Waals surface area contributed by atoms with E-state index in [0.717, 1.165) is 38.8 Å². The minimum Gasteiger partial charge on any atom is -0.633 e. The van der Waals surface area contributed by atoms with Crippen LogP contribution in [0.4, 0.5) is 5.69 Å². The van der Waals surface area contributed by atoms with Gasteiger partial charge in [0.25, 0.3) is 0 Å². The molecule has 0 saturated carbocycles. The first-order valence-electron chi connectivity index (χ1n) is 10.5. The van der Waals surface area contributed by atoms with Crippen LogP contribution in [0.2, 0.25) is 0 Å². The molecule has 174 valence electrons. The first kappa shape index (κ1) is 22.9. The van der Waals surface area contributed by atoms with Crippen LogP contribution >= 0.6 is 11.3 Å². The van der Waals surface area contributed by atoms with Crippen molar-refractivity contribution in [1.82, 2.24) is 24.7 Å². The third-order valence-electron chi connectivity index (χ3n) is 5.55. The van der Waals surface area contributed by atoms with Crippen LogP contribution in [0.25, 0.3) is 43.6 Å². The fourth-order valence-electron chi connectivity index (χ4n) is 3.90. The molecule has 0 fully saturated rings. The Kier molecular flexibility index (Phi) is 6.13. The van der Waals surface area contributed by atoms with Gasteiger partial charge in [0.1, 0.15) is 21.7 Å². The molecule has 1 atom stereocenters. The molecular weight excluding hydrogens is 488 g/mol. The zero-order valence-electron chi connectivity index (χ0n) is 18.6. The molecule has 5 heterocycles. The number of nitrogen functional groups attached to an aromatic ring is 1. The van der Waals surface area contributed by atoms with Gasteiger partial charge in [-0.15, -0.1) is 0 Å². The van der Waals surface area contributed by atoms with E-state index in [-0.39, 0.29) is 0 Å². The van der Waals surface area contributed by atoms with E-state index < -0.39 is 8.87 Å². The zero-order valence-corrected chi connectivity index (χ0v) is 21.0.